The highest BCUT2D eigenvalue weighted by molar-refractivity contribution is 5.85. The third-order valence-electron chi connectivity index (χ3n) is 4.88. The summed E-state index contributed by atoms with van der Waals surface area (Å²) in [5.41, 5.74) is 7.51. The lowest BCUT2D eigenvalue weighted by molar-refractivity contribution is -0.131. The molecule has 1 saturated heterocycles. The van der Waals surface area contributed by atoms with Gasteiger partial charge in [-0.15, -0.1) is 12.4 Å². The van der Waals surface area contributed by atoms with E-state index in [4.69, 9.17) is 5.73 Å². The Morgan fingerprint density at radius 2 is 1.81 bits per heavy atom. The predicted octanol–water partition coefficient (Wildman–Crippen LogP) is 2.94. The number of rotatable bonds is 3. The zero-order valence-corrected chi connectivity index (χ0v) is 13.2. The third kappa shape index (κ3) is 3.78. The first-order valence-electron chi connectivity index (χ1n) is 7.82. The number of carbonyl (C=O) groups is 1. The Kier molecular flexibility index (Phi) is 5.65. The minimum Gasteiger partial charge on any atom is -0.340 e. The molecular weight excluding hydrogens is 284 g/mol. The lowest BCUT2D eigenvalue weighted by Crippen LogP contribution is -2.32. The topological polar surface area (TPSA) is 46.3 Å². The predicted molar refractivity (Wildman–Crippen MR) is 87.6 cm³/mol. The van der Waals surface area contributed by atoms with Crippen LogP contribution in [0, 0.1) is 5.92 Å². The Morgan fingerprint density at radius 3 is 2.48 bits per heavy atom. The summed E-state index contributed by atoms with van der Waals surface area (Å²) in [5.74, 6) is 1.23. The van der Waals surface area contributed by atoms with E-state index in [9.17, 15) is 4.79 Å². The summed E-state index contributed by atoms with van der Waals surface area (Å²) in [4.78, 5) is 14.4. The van der Waals surface area contributed by atoms with Gasteiger partial charge in [-0.1, -0.05) is 43.2 Å². The van der Waals surface area contributed by atoms with Crippen molar-refractivity contribution in [2.45, 2.75) is 44.1 Å². The van der Waals surface area contributed by atoms with Crippen molar-refractivity contribution in [3.05, 3.63) is 35.9 Å². The van der Waals surface area contributed by atoms with Gasteiger partial charge in [0.2, 0.25) is 5.91 Å². The standard InChI is InChI=1S/C17H24N2O.ClH/c18-16-12-19(17(20)10-13-6-4-5-7-13)11-15(16)14-8-2-1-3-9-14;/h1-3,8-9,13,15-16H,4-7,10-12,18H2;1H/t15-,16+;/m0./s1. The summed E-state index contributed by atoms with van der Waals surface area (Å²) in [6.07, 6.45) is 5.78. The van der Waals surface area contributed by atoms with E-state index in [1.807, 2.05) is 23.1 Å². The highest BCUT2D eigenvalue weighted by atomic mass is 35.5. The summed E-state index contributed by atoms with van der Waals surface area (Å²) in [5, 5.41) is 0. The van der Waals surface area contributed by atoms with Crippen LogP contribution in [0.1, 0.15) is 43.6 Å². The van der Waals surface area contributed by atoms with Gasteiger partial charge in [0.15, 0.2) is 0 Å². The van der Waals surface area contributed by atoms with Crippen molar-refractivity contribution >= 4 is 18.3 Å². The fourth-order valence-corrected chi connectivity index (χ4v) is 3.68. The molecule has 4 heteroatoms. The Labute approximate surface area is 133 Å². The van der Waals surface area contributed by atoms with Crippen molar-refractivity contribution in [1.29, 1.82) is 0 Å². The Bertz CT molecular complexity index is 459. The van der Waals surface area contributed by atoms with E-state index < -0.39 is 0 Å². The van der Waals surface area contributed by atoms with Crippen molar-refractivity contribution in [2.24, 2.45) is 11.7 Å². The average molecular weight is 309 g/mol. The molecule has 2 atom stereocenters. The van der Waals surface area contributed by atoms with E-state index in [1.54, 1.807) is 0 Å². The lowest BCUT2D eigenvalue weighted by Gasteiger charge is -2.18. The van der Waals surface area contributed by atoms with Crippen LogP contribution in [-0.4, -0.2) is 29.9 Å². The fraction of sp³-hybridized carbons (Fsp3) is 0.588. The number of nitrogens with two attached hydrogens (primary N) is 1. The molecule has 0 unspecified atom stereocenters. The zero-order chi connectivity index (χ0) is 13.9. The van der Waals surface area contributed by atoms with Crippen LogP contribution >= 0.6 is 12.4 Å². The molecule has 1 aliphatic carbocycles. The van der Waals surface area contributed by atoms with Gasteiger partial charge in [-0.25, -0.2) is 0 Å². The van der Waals surface area contributed by atoms with E-state index in [-0.39, 0.29) is 18.4 Å². The van der Waals surface area contributed by atoms with Crippen LogP contribution in [-0.2, 0) is 4.79 Å². The molecule has 116 valence electrons. The van der Waals surface area contributed by atoms with E-state index in [1.165, 1.54) is 31.2 Å². The lowest BCUT2D eigenvalue weighted by atomic mass is 9.95. The summed E-state index contributed by atoms with van der Waals surface area (Å²) >= 11 is 0. The second-order valence-corrected chi connectivity index (χ2v) is 6.33. The van der Waals surface area contributed by atoms with Crippen LogP contribution < -0.4 is 5.73 Å². The number of carbonyl (C=O) groups excluding carboxylic acids is 1. The van der Waals surface area contributed by atoms with Gasteiger partial charge in [-0.2, -0.15) is 0 Å². The van der Waals surface area contributed by atoms with Crippen LogP contribution in [0.25, 0.3) is 0 Å². The highest BCUT2D eigenvalue weighted by Gasteiger charge is 2.34. The molecule has 0 radical (unpaired) electrons. The van der Waals surface area contributed by atoms with E-state index in [2.05, 4.69) is 12.1 Å². The number of amides is 1. The molecule has 0 bridgehead atoms. The third-order valence-corrected chi connectivity index (χ3v) is 4.88. The Hall–Kier alpha value is -1.06. The number of hydrogen-bond acceptors (Lipinski definition) is 2. The van der Waals surface area contributed by atoms with Crippen LogP contribution in [0.3, 0.4) is 0 Å². The zero-order valence-electron chi connectivity index (χ0n) is 12.4. The number of hydrogen-bond donors (Lipinski definition) is 1. The second kappa shape index (κ2) is 7.28. The molecule has 3 rings (SSSR count). The molecule has 0 spiro atoms. The molecular formula is C17H25ClN2O. The van der Waals surface area contributed by atoms with Gasteiger partial charge in [0.05, 0.1) is 0 Å². The van der Waals surface area contributed by atoms with E-state index in [0.29, 0.717) is 24.3 Å². The second-order valence-electron chi connectivity index (χ2n) is 6.33. The van der Waals surface area contributed by atoms with Gasteiger partial charge < -0.3 is 10.6 Å². The van der Waals surface area contributed by atoms with Gasteiger partial charge >= 0.3 is 0 Å². The Balaban J connectivity index is 0.00000161. The Morgan fingerprint density at radius 1 is 1.14 bits per heavy atom. The molecule has 1 saturated carbocycles. The quantitative estimate of drug-likeness (QED) is 0.933. The molecule has 2 aliphatic rings. The number of benzene rings is 1. The van der Waals surface area contributed by atoms with Crippen molar-refractivity contribution in [3.8, 4) is 0 Å². The number of nitrogens with zero attached hydrogens (tertiary/aromatic N) is 1. The van der Waals surface area contributed by atoms with Crippen molar-refractivity contribution in [2.75, 3.05) is 13.1 Å². The smallest absolute Gasteiger partial charge is 0.222 e. The fourth-order valence-electron chi connectivity index (χ4n) is 3.68. The molecule has 2 N–H and O–H groups in total. The van der Waals surface area contributed by atoms with E-state index >= 15 is 0 Å². The normalized spacial score (nSPS) is 25.9. The average Bonchev–Trinajstić information content (AvgIpc) is 3.09. The summed E-state index contributed by atoms with van der Waals surface area (Å²) < 4.78 is 0. The van der Waals surface area contributed by atoms with Crippen LogP contribution in [0.5, 0.6) is 0 Å². The van der Waals surface area contributed by atoms with Gasteiger partial charge in [0.25, 0.3) is 0 Å². The summed E-state index contributed by atoms with van der Waals surface area (Å²) in [7, 11) is 0. The van der Waals surface area contributed by atoms with Gasteiger partial charge in [0.1, 0.15) is 0 Å². The number of halogens is 1. The SMILES string of the molecule is Cl.N[C@@H]1CN(C(=O)CC2CCCC2)C[C@H]1c1ccccc1. The van der Waals surface area contributed by atoms with Crippen LogP contribution in [0.15, 0.2) is 30.3 Å². The number of likely N-dealkylation sites (tertiary alicyclic amines) is 1. The first-order valence-corrected chi connectivity index (χ1v) is 7.82. The van der Waals surface area contributed by atoms with Crippen molar-refractivity contribution in [3.63, 3.8) is 0 Å². The first kappa shape index (κ1) is 16.3. The van der Waals surface area contributed by atoms with Crippen LogP contribution in [0.2, 0.25) is 0 Å². The molecule has 2 fully saturated rings. The summed E-state index contributed by atoms with van der Waals surface area (Å²) in [6.45, 7) is 1.50. The molecule has 1 heterocycles. The molecule has 3 nitrogen and oxygen atoms in total. The molecule has 1 aromatic rings. The largest absolute Gasteiger partial charge is 0.340 e. The van der Waals surface area contributed by atoms with Gasteiger partial charge in [-0.05, 0) is 24.3 Å². The molecule has 0 aromatic heterocycles. The maximum Gasteiger partial charge on any atom is 0.222 e. The molecule has 21 heavy (non-hydrogen) atoms. The molecule has 1 amide bonds. The maximum atomic E-state index is 12.4. The van der Waals surface area contributed by atoms with Crippen LogP contribution in [0.4, 0.5) is 0 Å². The van der Waals surface area contributed by atoms with Gasteiger partial charge in [-0.3, -0.25) is 4.79 Å². The summed E-state index contributed by atoms with van der Waals surface area (Å²) in [6, 6.07) is 10.4. The van der Waals surface area contributed by atoms with Crippen molar-refractivity contribution < 1.29 is 4.79 Å². The minimum absolute atomic E-state index is 0. The minimum atomic E-state index is 0. The molecule has 1 aromatic carbocycles. The molecule has 1 aliphatic heterocycles. The first-order chi connectivity index (χ1) is 9.74. The van der Waals surface area contributed by atoms with Crippen molar-refractivity contribution in [1.82, 2.24) is 4.90 Å². The maximum absolute atomic E-state index is 12.4. The highest BCUT2D eigenvalue weighted by Crippen LogP contribution is 2.31. The van der Waals surface area contributed by atoms with Gasteiger partial charge in [0, 0.05) is 31.5 Å². The van der Waals surface area contributed by atoms with E-state index in [0.717, 1.165) is 13.0 Å². The monoisotopic (exact) mass is 308 g/mol.